The Hall–Kier alpha value is -4.87. The first-order chi connectivity index (χ1) is 21.7. The van der Waals surface area contributed by atoms with Gasteiger partial charge in [-0.3, -0.25) is 9.80 Å². The van der Waals surface area contributed by atoms with Crippen LogP contribution in [0.15, 0.2) is 64.1 Å². The van der Waals surface area contributed by atoms with Crippen LogP contribution in [0.3, 0.4) is 0 Å². The summed E-state index contributed by atoms with van der Waals surface area (Å²) in [7, 11) is -4.28. The van der Waals surface area contributed by atoms with Crippen molar-refractivity contribution in [3.63, 3.8) is 0 Å². The van der Waals surface area contributed by atoms with Crippen molar-refractivity contribution in [2.45, 2.75) is 51.0 Å². The maximum atomic E-state index is 13.5. The fourth-order valence-corrected chi connectivity index (χ4v) is 5.73. The zero-order valence-corrected chi connectivity index (χ0v) is 25.7. The summed E-state index contributed by atoms with van der Waals surface area (Å²) in [4.78, 5) is 30.6. The summed E-state index contributed by atoms with van der Waals surface area (Å²) < 4.78 is 84.5. The molecule has 1 saturated heterocycles. The molecule has 5 rings (SSSR count). The van der Waals surface area contributed by atoms with Gasteiger partial charge in [-0.15, -0.1) is 0 Å². The van der Waals surface area contributed by atoms with Gasteiger partial charge in [0.15, 0.2) is 5.69 Å². The van der Waals surface area contributed by atoms with Gasteiger partial charge < -0.3 is 14.3 Å². The number of alkyl halides is 3. The van der Waals surface area contributed by atoms with Crippen LogP contribution in [-0.2, 0) is 30.5 Å². The van der Waals surface area contributed by atoms with E-state index in [1.807, 2.05) is 6.92 Å². The van der Waals surface area contributed by atoms with Crippen molar-refractivity contribution in [2.24, 2.45) is 5.92 Å². The summed E-state index contributed by atoms with van der Waals surface area (Å²) in [5, 5.41) is 6.42. The third-order valence-electron chi connectivity index (χ3n) is 7.08. The van der Waals surface area contributed by atoms with Gasteiger partial charge in [-0.2, -0.15) is 22.9 Å². The van der Waals surface area contributed by atoms with Gasteiger partial charge in [0.05, 0.1) is 22.9 Å². The van der Waals surface area contributed by atoms with Crippen molar-refractivity contribution < 1.29 is 50.1 Å². The van der Waals surface area contributed by atoms with E-state index in [1.165, 1.54) is 36.2 Å². The molecule has 1 aliphatic rings. The van der Waals surface area contributed by atoms with Gasteiger partial charge in [-0.25, -0.2) is 22.6 Å². The highest BCUT2D eigenvalue weighted by atomic mass is 32.2. The van der Waals surface area contributed by atoms with Crippen LogP contribution in [-0.4, -0.2) is 66.2 Å². The predicted octanol–water partition coefficient (Wildman–Crippen LogP) is 3.86. The molecule has 46 heavy (non-hydrogen) atoms. The summed E-state index contributed by atoms with van der Waals surface area (Å²) in [5.74, 6) is -1.31. The zero-order valence-electron chi connectivity index (χ0n) is 24.9. The van der Waals surface area contributed by atoms with E-state index < -0.39 is 46.2 Å². The second-order valence-corrected chi connectivity index (χ2v) is 12.1. The maximum absolute atomic E-state index is 13.5. The molecule has 1 amide bonds. The average molecular weight is 669 g/mol. The van der Waals surface area contributed by atoms with E-state index in [-0.39, 0.29) is 22.9 Å². The Morgan fingerprint density at radius 1 is 1.09 bits per heavy atom. The molecule has 2 aromatic heterocycles. The van der Waals surface area contributed by atoms with Crippen molar-refractivity contribution >= 4 is 22.1 Å². The molecule has 4 aromatic rings. The lowest BCUT2D eigenvalue weighted by Gasteiger charge is -2.28. The van der Waals surface area contributed by atoms with Crippen LogP contribution >= 0.6 is 0 Å². The highest BCUT2D eigenvalue weighted by molar-refractivity contribution is 7.90. The van der Waals surface area contributed by atoms with Crippen LogP contribution in [0.2, 0.25) is 0 Å². The normalized spacial score (nSPS) is 15.0. The number of nitrogens with one attached hydrogen (secondary N) is 1. The molecular formula is C28H31F3N6O8S. The number of rotatable bonds is 10. The monoisotopic (exact) mass is 668 g/mol. The van der Waals surface area contributed by atoms with Crippen molar-refractivity contribution in [2.75, 3.05) is 24.7 Å². The molecule has 14 nitrogen and oxygen atoms in total. The van der Waals surface area contributed by atoms with Gasteiger partial charge in [0.25, 0.3) is 16.3 Å². The molecule has 3 heterocycles. The van der Waals surface area contributed by atoms with E-state index in [9.17, 15) is 31.2 Å². The third-order valence-corrected chi connectivity index (χ3v) is 8.44. The number of benzene rings is 2. The third kappa shape index (κ3) is 7.49. The van der Waals surface area contributed by atoms with Crippen LogP contribution in [0.4, 0.5) is 18.0 Å². The smallest absolute Gasteiger partial charge is 0.435 e. The molecule has 1 fully saturated rings. The number of halogens is 3. The molecule has 248 valence electrons. The summed E-state index contributed by atoms with van der Waals surface area (Å²) in [5.41, 5.74) is 0.687. The van der Waals surface area contributed by atoms with Gasteiger partial charge in [0.2, 0.25) is 5.91 Å². The van der Waals surface area contributed by atoms with Crippen LogP contribution in [0.1, 0.15) is 37.9 Å². The number of carbonyl (C=O) groups excluding carboxylic acids is 2. The minimum Gasteiger partial charge on any atom is -0.435 e. The van der Waals surface area contributed by atoms with Crippen LogP contribution in [0.5, 0.6) is 0 Å². The highest BCUT2D eigenvalue weighted by Gasteiger charge is 2.36. The van der Waals surface area contributed by atoms with Gasteiger partial charge in [0.1, 0.15) is 5.02 Å². The molecule has 1 aliphatic heterocycles. The molecule has 0 spiro atoms. The Kier molecular flexibility index (Phi) is 9.09. The minimum atomic E-state index is -4.69. The van der Waals surface area contributed by atoms with E-state index in [4.69, 9.17) is 14.2 Å². The molecule has 0 bridgehead atoms. The molecule has 1 atom stereocenters. The number of sulfonamides is 1. The predicted molar refractivity (Wildman–Crippen MR) is 154 cm³/mol. The molecule has 18 heteroatoms. The van der Waals surface area contributed by atoms with E-state index in [2.05, 4.69) is 14.6 Å². The fourth-order valence-electron chi connectivity index (χ4n) is 4.68. The van der Waals surface area contributed by atoms with Crippen molar-refractivity contribution in [3.8, 4) is 16.9 Å². The average Bonchev–Trinajstić information content (AvgIpc) is 3.60. The highest BCUT2D eigenvalue weighted by Crippen LogP contribution is 2.33. The first-order valence-electron chi connectivity index (χ1n) is 14.2. The van der Waals surface area contributed by atoms with E-state index in [1.54, 1.807) is 36.2 Å². The number of nitrogens with zero attached hydrogens (tertiary/aromatic N) is 5. The lowest BCUT2D eigenvalue weighted by atomic mass is 9.97. The number of carbonyl (C=O) groups is 2. The number of hydrogen-bond acceptors (Lipinski definition) is 10. The second kappa shape index (κ2) is 12.9. The topological polar surface area (TPSA) is 152 Å². The summed E-state index contributed by atoms with van der Waals surface area (Å²) in [6, 6.07) is 12.8. The molecule has 1 N–H and O–H groups in total. The zero-order chi connectivity index (χ0) is 33.2. The number of amides is 1. The Balaban J connectivity index is 1.20. The standard InChI is InChI=1S/C28H31F3N6O8S/c1-4-42-27(39)43-19(3)44-37-36(45-37)34-15-13-21(14-16-34)26(38)33-46(40,41)23-11-9-22(10-12-23)35-24(17-25(32-35)28(29,30)31)20-7-5-18(2)6-8-20/h5-12,17,19,21H,4,13-16H2,1-3H3,(H,33,38). The van der Waals surface area contributed by atoms with E-state index in [0.717, 1.165) is 21.3 Å². The Bertz CT molecular complexity index is 1770. The number of ether oxygens (including phenoxy) is 2. The second-order valence-electron chi connectivity index (χ2n) is 10.4. The molecule has 2 aromatic carbocycles. The first kappa shape index (κ1) is 32.5. The molecule has 0 aliphatic carbocycles. The first-order valence-corrected chi connectivity index (χ1v) is 15.7. The lowest BCUT2D eigenvalue weighted by Crippen LogP contribution is -2.45. The largest absolute Gasteiger partial charge is 0.511 e. The summed E-state index contributed by atoms with van der Waals surface area (Å²) in [6.45, 7) is 5.74. The number of piperidine rings is 1. The van der Waals surface area contributed by atoms with E-state index in [0.29, 0.717) is 31.5 Å². The molecule has 0 radical (unpaired) electrons. The SMILES string of the molecule is CCOC(=O)OC(C)On1on1N1CCC(C(=O)NS(=O)(=O)c2ccc(-n3nc(C(F)(F)F)cc3-c3ccc(C)cc3)cc2)CC1. The Morgan fingerprint density at radius 2 is 1.74 bits per heavy atom. The van der Waals surface area contributed by atoms with Crippen LogP contribution in [0, 0.1) is 12.8 Å². The number of aromatic nitrogens is 4. The van der Waals surface area contributed by atoms with Crippen molar-refractivity contribution in [1.82, 2.24) is 24.5 Å². The van der Waals surface area contributed by atoms with E-state index >= 15 is 0 Å². The minimum absolute atomic E-state index is 0.144. The van der Waals surface area contributed by atoms with Crippen molar-refractivity contribution in [3.05, 3.63) is 65.9 Å². The quantitative estimate of drug-likeness (QED) is 0.195. The molecule has 1 unspecified atom stereocenters. The van der Waals surface area contributed by atoms with Gasteiger partial charge in [-0.05, 0) is 57.0 Å². The van der Waals surface area contributed by atoms with Crippen LogP contribution in [0.25, 0.3) is 16.9 Å². The van der Waals surface area contributed by atoms with Crippen LogP contribution < -0.4 is 14.6 Å². The number of hydrogen-bond donors (Lipinski definition) is 1. The lowest BCUT2D eigenvalue weighted by molar-refractivity contribution is -0.141. The van der Waals surface area contributed by atoms with Gasteiger partial charge >= 0.3 is 12.3 Å². The molecular weight excluding hydrogens is 637 g/mol. The van der Waals surface area contributed by atoms with Gasteiger partial charge in [-0.1, -0.05) is 29.8 Å². The fraction of sp³-hybridized carbons (Fsp3) is 0.393. The Labute approximate surface area is 261 Å². The Morgan fingerprint density at radius 3 is 2.35 bits per heavy atom. The number of aryl methyl sites for hydroxylation is 1. The summed E-state index contributed by atoms with van der Waals surface area (Å²) >= 11 is 0. The van der Waals surface area contributed by atoms with Gasteiger partial charge in [0, 0.05) is 36.5 Å². The van der Waals surface area contributed by atoms with Crippen molar-refractivity contribution in [1.29, 1.82) is 0 Å². The summed E-state index contributed by atoms with van der Waals surface area (Å²) in [6.07, 6.45) is -6.00. The maximum Gasteiger partial charge on any atom is 0.511 e. The molecule has 0 saturated carbocycles.